The highest BCUT2D eigenvalue weighted by Crippen LogP contribution is 2.22. The van der Waals surface area contributed by atoms with Crippen molar-refractivity contribution in [3.05, 3.63) is 29.8 Å². The van der Waals surface area contributed by atoms with Gasteiger partial charge < -0.3 is 5.32 Å². The standard InChI is InChI=1S/C11H9F2NOS/c1-2-5-14-11(15)7-16-10-6-8(12)3-4-9(10)13/h1,3-4,6H,5,7H2,(H,14,15). The van der Waals surface area contributed by atoms with Crippen LogP contribution in [0, 0.1) is 24.0 Å². The molecule has 1 aromatic carbocycles. The van der Waals surface area contributed by atoms with Gasteiger partial charge in [-0.25, -0.2) is 8.78 Å². The summed E-state index contributed by atoms with van der Waals surface area (Å²) < 4.78 is 25.9. The van der Waals surface area contributed by atoms with Gasteiger partial charge in [0.25, 0.3) is 0 Å². The minimum atomic E-state index is -0.545. The summed E-state index contributed by atoms with van der Waals surface area (Å²) in [5.41, 5.74) is 0. The van der Waals surface area contributed by atoms with Crippen LogP contribution >= 0.6 is 11.8 Å². The van der Waals surface area contributed by atoms with Gasteiger partial charge in [-0.1, -0.05) is 5.92 Å². The van der Waals surface area contributed by atoms with E-state index in [9.17, 15) is 13.6 Å². The first kappa shape index (κ1) is 12.5. The third-order valence-corrected chi connectivity index (χ3v) is 2.67. The number of amides is 1. The fourth-order valence-electron chi connectivity index (χ4n) is 0.932. The lowest BCUT2D eigenvalue weighted by Gasteiger charge is -2.03. The third kappa shape index (κ3) is 3.91. The van der Waals surface area contributed by atoms with E-state index in [-0.39, 0.29) is 23.1 Å². The van der Waals surface area contributed by atoms with Crippen molar-refractivity contribution in [1.29, 1.82) is 0 Å². The molecule has 2 nitrogen and oxygen atoms in total. The molecule has 0 spiro atoms. The van der Waals surface area contributed by atoms with Gasteiger partial charge in [-0.15, -0.1) is 18.2 Å². The fourth-order valence-corrected chi connectivity index (χ4v) is 1.72. The Balaban J connectivity index is 2.51. The van der Waals surface area contributed by atoms with Crippen molar-refractivity contribution in [2.45, 2.75) is 4.90 Å². The van der Waals surface area contributed by atoms with Crippen LogP contribution in [0.15, 0.2) is 23.1 Å². The highest BCUT2D eigenvalue weighted by Gasteiger charge is 2.07. The number of benzene rings is 1. The molecule has 0 radical (unpaired) electrons. The van der Waals surface area contributed by atoms with Crippen molar-refractivity contribution in [2.75, 3.05) is 12.3 Å². The van der Waals surface area contributed by atoms with Crippen molar-refractivity contribution in [2.24, 2.45) is 0 Å². The first-order chi connectivity index (χ1) is 7.63. The van der Waals surface area contributed by atoms with Crippen LogP contribution in [-0.2, 0) is 4.79 Å². The summed E-state index contributed by atoms with van der Waals surface area (Å²) in [5, 5.41) is 2.42. The van der Waals surface area contributed by atoms with Crippen molar-refractivity contribution < 1.29 is 13.6 Å². The molecule has 0 aliphatic heterocycles. The van der Waals surface area contributed by atoms with Crippen LogP contribution < -0.4 is 5.32 Å². The highest BCUT2D eigenvalue weighted by molar-refractivity contribution is 8.00. The van der Waals surface area contributed by atoms with Crippen molar-refractivity contribution in [1.82, 2.24) is 5.32 Å². The Morgan fingerprint density at radius 3 is 2.94 bits per heavy atom. The molecule has 0 saturated carbocycles. The molecule has 1 N–H and O–H groups in total. The first-order valence-corrected chi connectivity index (χ1v) is 5.40. The smallest absolute Gasteiger partial charge is 0.231 e. The Hall–Kier alpha value is -1.54. The van der Waals surface area contributed by atoms with Gasteiger partial charge in [0.1, 0.15) is 11.6 Å². The molecule has 5 heteroatoms. The Bertz CT molecular complexity index is 428. The Kier molecular flexibility index (Phi) is 4.80. The number of terminal acetylenes is 1. The predicted octanol–water partition coefficient (Wildman–Crippen LogP) is 1.81. The maximum Gasteiger partial charge on any atom is 0.231 e. The molecule has 0 aromatic heterocycles. The normalized spacial score (nSPS) is 9.56. The van der Waals surface area contributed by atoms with Crippen LogP contribution in [0.1, 0.15) is 0 Å². The fraction of sp³-hybridized carbons (Fsp3) is 0.182. The van der Waals surface area contributed by atoms with E-state index in [0.29, 0.717) is 0 Å². The largest absolute Gasteiger partial charge is 0.344 e. The number of hydrogen-bond donors (Lipinski definition) is 1. The summed E-state index contributed by atoms with van der Waals surface area (Å²) in [6.07, 6.45) is 4.95. The molecule has 84 valence electrons. The van der Waals surface area contributed by atoms with E-state index in [4.69, 9.17) is 6.42 Å². The lowest BCUT2D eigenvalue weighted by molar-refractivity contribution is -0.118. The SMILES string of the molecule is C#CCNC(=O)CSc1cc(F)ccc1F. The number of carbonyl (C=O) groups excluding carboxylic acids is 1. The Morgan fingerprint density at radius 2 is 2.25 bits per heavy atom. The second-order valence-electron chi connectivity index (χ2n) is 2.84. The van der Waals surface area contributed by atoms with Gasteiger partial charge in [-0.3, -0.25) is 4.79 Å². The topological polar surface area (TPSA) is 29.1 Å². The number of carbonyl (C=O) groups is 1. The van der Waals surface area contributed by atoms with Gasteiger partial charge >= 0.3 is 0 Å². The van der Waals surface area contributed by atoms with Crippen molar-refractivity contribution in [3.8, 4) is 12.3 Å². The molecule has 0 saturated heterocycles. The van der Waals surface area contributed by atoms with Gasteiger partial charge in [0.15, 0.2) is 0 Å². The second-order valence-corrected chi connectivity index (χ2v) is 3.86. The summed E-state index contributed by atoms with van der Waals surface area (Å²) in [4.78, 5) is 11.2. The Morgan fingerprint density at radius 1 is 1.50 bits per heavy atom. The average Bonchev–Trinajstić information content (AvgIpc) is 2.27. The van der Waals surface area contributed by atoms with Crippen LogP contribution in [0.4, 0.5) is 8.78 Å². The zero-order valence-electron chi connectivity index (χ0n) is 8.30. The molecule has 0 atom stereocenters. The van der Waals surface area contributed by atoms with E-state index in [2.05, 4.69) is 11.2 Å². The number of hydrogen-bond acceptors (Lipinski definition) is 2. The molecular formula is C11H9F2NOS. The summed E-state index contributed by atoms with van der Waals surface area (Å²) in [5.74, 6) is 0.851. The van der Waals surface area contributed by atoms with E-state index in [1.54, 1.807) is 0 Å². The molecular weight excluding hydrogens is 232 g/mol. The number of halogens is 2. The number of thioether (sulfide) groups is 1. The Labute approximate surface area is 96.4 Å². The van der Waals surface area contributed by atoms with E-state index < -0.39 is 11.6 Å². The van der Waals surface area contributed by atoms with Crippen LogP contribution in [-0.4, -0.2) is 18.2 Å². The molecule has 0 heterocycles. The molecule has 1 amide bonds. The number of nitrogens with one attached hydrogen (secondary N) is 1. The molecule has 16 heavy (non-hydrogen) atoms. The minimum absolute atomic E-state index is 0.00204. The minimum Gasteiger partial charge on any atom is -0.344 e. The molecule has 0 bridgehead atoms. The monoisotopic (exact) mass is 241 g/mol. The van der Waals surface area contributed by atoms with Gasteiger partial charge in [-0.2, -0.15) is 0 Å². The zero-order chi connectivity index (χ0) is 12.0. The first-order valence-electron chi connectivity index (χ1n) is 4.41. The van der Waals surface area contributed by atoms with Crippen molar-refractivity contribution >= 4 is 17.7 Å². The lowest BCUT2D eigenvalue weighted by Crippen LogP contribution is -2.25. The van der Waals surface area contributed by atoms with Gasteiger partial charge in [-0.05, 0) is 18.2 Å². The van der Waals surface area contributed by atoms with E-state index >= 15 is 0 Å². The molecule has 1 rings (SSSR count). The summed E-state index contributed by atoms with van der Waals surface area (Å²) >= 11 is 0.924. The molecule has 0 aliphatic rings. The van der Waals surface area contributed by atoms with Crippen LogP contribution in [0.25, 0.3) is 0 Å². The summed E-state index contributed by atoms with van der Waals surface area (Å²) in [6.45, 7) is 0.130. The molecule has 1 aromatic rings. The summed E-state index contributed by atoms with van der Waals surface area (Å²) in [7, 11) is 0. The molecule has 0 fully saturated rings. The van der Waals surface area contributed by atoms with E-state index in [0.717, 1.165) is 30.0 Å². The van der Waals surface area contributed by atoms with Crippen molar-refractivity contribution in [3.63, 3.8) is 0 Å². The quantitative estimate of drug-likeness (QED) is 0.643. The number of rotatable bonds is 4. The highest BCUT2D eigenvalue weighted by atomic mass is 32.2. The second kappa shape index (κ2) is 6.13. The van der Waals surface area contributed by atoms with Gasteiger partial charge in [0.2, 0.25) is 5.91 Å². The van der Waals surface area contributed by atoms with Crippen LogP contribution in [0.5, 0.6) is 0 Å². The van der Waals surface area contributed by atoms with Gasteiger partial charge in [0, 0.05) is 4.90 Å². The third-order valence-electron chi connectivity index (χ3n) is 1.64. The maximum absolute atomic E-state index is 13.1. The summed E-state index contributed by atoms with van der Waals surface area (Å²) in [6, 6.07) is 3.10. The lowest BCUT2D eigenvalue weighted by atomic mass is 10.3. The van der Waals surface area contributed by atoms with Gasteiger partial charge in [0.05, 0.1) is 12.3 Å². The van der Waals surface area contributed by atoms with Crippen LogP contribution in [0.3, 0.4) is 0 Å². The van der Waals surface area contributed by atoms with E-state index in [1.165, 1.54) is 0 Å². The van der Waals surface area contributed by atoms with E-state index in [1.807, 2.05) is 0 Å². The molecule has 0 aliphatic carbocycles. The predicted molar refractivity (Wildman–Crippen MR) is 58.9 cm³/mol. The molecule has 0 unspecified atom stereocenters. The average molecular weight is 241 g/mol. The zero-order valence-corrected chi connectivity index (χ0v) is 9.11. The maximum atomic E-state index is 13.1. The van der Waals surface area contributed by atoms with Crippen LogP contribution in [0.2, 0.25) is 0 Å².